The molecule has 1 atom stereocenters. The van der Waals surface area contributed by atoms with Crippen molar-refractivity contribution in [2.24, 2.45) is 0 Å². The number of hydrogen-bond donors (Lipinski definition) is 2. The highest BCUT2D eigenvalue weighted by molar-refractivity contribution is 7.89. The number of rotatable bonds is 4. The first kappa shape index (κ1) is 22.2. The summed E-state index contributed by atoms with van der Waals surface area (Å²) in [6.07, 6.45) is -3.29. The van der Waals surface area contributed by atoms with Gasteiger partial charge in [0.25, 0.3) is 5.56 Å². The van der Waals surface area contributed by atoms with Crippen LogP contribution < -0.4 is 10.5 Å². The number of carboxylic acids is 1. The monoisotopic (exact) mass is 489 g/mol. The molecule has 2 N–H and O–H groups in total. The molecule has 32 heavy (non-hydrogen) atoms. The van der Waals surface area contributed by atoms with Crippen LogP contribution in [-0.4, -0.2) is 64.7 Å². The van der Waals surface area contributed by atoms with Crippen LogP contribution in [0.5, 0.6) is 0 Å². The quantitative estimate of drug-likeness (QED) is 0.561. The van der Waals surface area contributed by atoms with Crippen LogP contribution in [0.25, 0.3) is 10.2 Å². The molecule has 1 aliphatic heterocycles. The number of aromatic amines is 1. The van der Waals surface area contributed by atoms with Crippen LogP contribution in [0.15, 0.2) is 40.2 Å². The van der Waals surface area contributed by atoms with E-state index in [0.29, 0.717) is 27.5 Å². The van der Waals surface area contributed by atoms with Gasteiger partial charge in [-0.25, -0.2) is 18.5 Å². The van der Waals surface area contributed by atoms with Gasteiger partial charge in [0.05, 0.1) is 16.7 Å². The molecule has 15 heteroatoms. The van der Waals surface area contributed by atoms with Gasteiger partial charge < -0.3 is 10.0 Å². The highest BCUT2D eigenvalue weighted by Gasteiger charge is 2.41. The maximum atomic E-state index is 13.0. The smallest absolute Gasteiger partial charge is 0.416 e. The number of nitrogens with one attached hydrogen (secondary N) is 1. The second-order valence-electron chi connectivity index (χ2n) is 6.85. The van der Waals surface area contributed by atoms with E-state index in [4.69, 9.17) is 0 Å². The minimum atomic E-state index is -4.63. The van der Waals surface area contributed by atoms with Gasteiger partial charge in [0, 0.05) is 19.6 Å². The minimum Gasteiger partial charge on any atom is -0.480 e. The number of halogens is 3. The van der Waals surface area contributed by atoms with E-state index < -0.39 is 44.2 Å². The van der Waals surface area contributed by atoms with Gasteiger partial charge in [-0.1, -0.05) is 11.3 Å². The van der Waals surface area contributed by atoms with Crippen LogP contribution in [0.3, 0.4) is 0 Å². The van der Waals surface area contributed by atoms with Crippen LogP contribution in [0.4, 0.5) is 18.3 Å². The van der Waals surface area contributed by atoms with Crippen LogP contribution in [-0.2, 0) is 21.0 Å². The highest BCUT2D eigenvalue weighted by Crippen LogP contribution is 2.32. The van der Waals surface area contributed by atoms with Gasteiger partial charge in [-0.05, 0) is 24.3 Å². The third kappa shape index (κ3) is 3.93. The van der Waals surface area contributed by atoms with Crippen LogP contribution in [0.2, 0.25) is 0 Å². The van der Waals surface area contributed by atoms with E-state index in [9.17, 15) is 36.3 Å². The van der Waals surface area contributed by atoms with Crippen molar-refractivity contribution in [1.82, 2.24) is 19.5 Å². The molecule has 0 unspecified atom stereocenters. The lowest BCUT2D eigenvalue weighted by atomic mass is 10.2. The van der Waals surface area contributed by atoms with Gasteiger partial charge in [-0.15, -0.1) is 0 Å². The number of aliphatic carboxylic acids is 1. The molecule has 0 saturated carbocycles. The number of nitrogens with zero attached hydrogens (tertiary/aromatic N) is 4. The Hall–Kier alpha value is -3.04. The van der Waals surface area contributed by atoms with E-state index in [2.05, 4.69) is 15.2 Å². The van der Waals surface area contributed by atoms with E-state index >= 15 is 0 Å². The number of anilines is 1. The first-order valence-corrected chi connectivity index (χ1v) is 11.3. The number of aromatic nitrogens is 3. The Morgan fingerprint density at radius 2 is 1.91 bits per heavy atom. The van der Waals surface area contributed by atoms with E-state index in [0.717, 1.165) is 27.8 Å². The lowest BCUT2D eigenvalue weighted by Gasteiger charge is -2.38. The summed E-state index contributed by atoms with van der Waals surface area (Å²) in [6.45, 7) is -0.444. The highest BCUT2D eigenvalue weighted by atomic mass is 32.2. The predicted molar refractivity (Wildman–Crippen MR) is 107 cm³/mol. The fourth-order valence-electron chi connectivity index (χ4n) is 3.29. The molecule has 0 spiro atoms. The summed E-state index contributed by atoms with van der Waals surface area (Å²) < 4.78 is 65.3. The fraction of sp³-hybridized carbons (Fsp3) is 0.294. The number of benzene rings is 1. The molecule has 0 aliphatic carbocycles. The largest absolute Gasteiger partial charge is 0.480 e. The summed E-state index contributed by atoms with van der Waals surface area (Å²) in [7, 11) is -4.38. The molecule has 1 aliphatic rings. The zero-order chi connectivity index (χ0) is 23.3. The van der Waals surface area contributed by atoms with Crippen molar-refractivity contribution in [2.75, 3.05) is 24.5 Å². The van der Waals surface area contributed by atoms with E-state index in [1.165, 1.54) is 6.20 Å². The van der Waals surface area contributed by atoms with Crippen LogP contribution in [0.1, 0.15) is 5.56 Å². The third-order valence-corrected chi connectivity index (χ3v) is 7.93. The Bertz CT molecular complexity index is 1340. The van der Waals surface area contributed by atoms with Gasteiger partial charge in [-0.3, -0.25) is 9.59 Å². The summed E-state index contributed by atoms with van der Waals surface area (Å²) in [5.41, 5.74) is -1.15. The molecule has 0 bridgehead atoms. The second kappa shape index (κ2) is 7.83. The number of carbonyl (C=O) groups is 1. The molecule has 10 nitrogen and oxygen atoms in total. The number of fused-ring (bicyclic) bond motifs is 1. The molecular weight excluding hydrogens is 475 g/mol. The molecule has 4 rings (SSSR count). The number of piperazine rings is 1. The number of sulfonamides is 1. The Kier molecular flexibility index (Phi) is 5.42. The van der Waals surface area contributed by atoms with Gasteiger partial charge in [-0.2, -0.15) is 22.6 Å². The molecule has 1 saturated heterocycles. The SMILES string of the molecule is O=C(O)[C@H]1CN(c2nc3cn[nH]c(=O)c3s2)CCN1S(=O)(=O)c1ccc(C(F)(F)F)cc1. The number of alkyl halides is 3. The molecule has 0 amide bonds. The zero-order valence-electron chi connectivity index (χ0n) is 15.9. The summed E-state index contributed by atoms with van der Waals surface area (Å²) >= 11 is 1.02. The van der Waals surface area contributed by atoms with Crippen molar-refractivity contribution in [3.8, 4) is 0 Å². The number of hydrogen-bond acceptors (Lipinski definition) is 8. The normalized spacial score (nSPS) is 18.2. The van der Waals surface area contributed by atoms with Crippen LogP contribution in [0, 0.1) is 0 Å². The fourth-order valence-corrected chi connectivity index (χ4v) is 5.82. The molecule has 0 radical (unpaired) electrons. The van der Waals surface area contributed by atoms with Crippen molar-refractivity contribution in [1.29, 1.82) is 0 Å². The second-order valence-corrected chi connectivity index (χ2v) is 9.72. The maximum Gasteiger partial charge on any atom is 0.416 e. The lowest BCUT2D eigenvalue weighted by Crippen LogP contribution is -2.58. The molecule has 1 fully saturated rings. The topological polar surface area (TPSA) is 137 Å². The zero-order valence-corrected chi connectivity index (χ0v) is 17.5. The molecule has 170 valence electrons. The molecule has 2 aromatic heterocycles. The minimum absolute atomic E-state index is 0.0643. The molecule has 3 aromatic rings. The number of H-pyrrole nitrogens is 1. The van der Waals surface area contributed by atoms with Crippen molar-refractivity contribution in [3.05, 3.63) is 46.4 Å². The lowest BCUT2D eigenvalue weighted by molar-refractivity contribution is -0.141. The predicted octanol–water partition coefficient (Wildman–Crippen LogP) is 1.36. The van der Waals surface area contributed by atoms with Gasteiger partial charge in [0.2, 0.25) is 10.0 Å². The van der Waals surface area contributed by atoms with Gasteiger partial charge in [0.15, 0.2) is 5.13 Å². The van der Waals surface area contributed by atoms with Gasteiger partial charge in [0.1, 0.15) is 16.3 Å². The van der Waals surface area contributed by atoms with Crippen LogP contribution >= 0.6 is 11.3 Å². The molecule has 1 aromatic carbocycles. The van der Waals surface area contributed by atoms with E-state index in [1.54, 1.807) is 4.90 Å². The standard InChI is InChI=1S/C17H14F3N5O5S2/c18-17(19,20)9-1-3-10(4-2-9)32(29,30)25-6-5-24(8-12(25)15(27)28)16-22-11-7-21-23-14(26)13(11)31-16/h1-4,7,12H,5-6,8H2,(H,23,26)(H,27,28)/t12-/m1/s1. The summed E-state index contributed by atoms with van der Waals surface area (Å²) in [6, 6.07) is 1.35. The van der Waals surface area contributed by atoms with Crippen molar-refractivity contribution >= 4 is 42.7 Å². The summed E-state index contributed by atoms with van der Waals surface area (Å²) in [5.74, 6) is -1.43. The Morgan fingerprint density at radius 3 is 2.50 bits per heavy atom. The van der Waals surface area contributed by atoms with E-state index in [1.807, 2.05) is 0 Å². The average molecular weight is 489 g/mol. The van der Waals surface area contributed by atoms with E-state index in [-0.39, 0.29) is 19.6 Å². The Balaban J connectivity index is 1.62. The Morgan fingerprint density at radius 1 is 1.22 bits per heavy atom. The van der Waals surface area contributed by atoms with Crippen molar-refractivity contribution in [2.45, 2.75) is 17.1 Å². The summed E-state index contributed by atoms with van der Waals surface area (Å²) in [4.78, 5) is 29.1. The third-order valence-electron chi connectivity index (χ3n) is 4.88. The maximum absolute atomic E-state index is 13.0. The Labute approximate surface area is 182 Å². The van der Waals surface area contributed by atoms with Crippen molar-refractivity contribution < 1.29 is 31.5 Å². The number of carboxylic acid groups (broad SMARTS) is 1. The first-order valence-electron chi connectivity index (χ1n) is 8.99. The average Bonchev–Trinajstić information content (AvgIpc) is 3.18. The van der Waals surface area contributed by atoms with Gasteiger partial charge >= 0.3 is 12.1 Å². The molecule has 3 heterocycles. The molecular formula is C17H14F3N5O5S2. The van der Waals surface area contributed by atoms with Crippen molar-refractivity contribution in [3.63, 3.8) is 0 Å². The number of thiazole rings is 1. The summed E-state index contributed by atoms with van der Waals surface area (Å²) in [5, 5.41) is 15.9. The first-order chi connectivity index (χ1) is 15.0.